The van der Waals surface area contributed by atoms with Gasteiger partial charge in [0, 0.05) is 0 Å². The molecule has 0 bridgehead atoms. The second-order valence-corrected chi connectivity index (χ2v) is 6.05. The molecule has 1 aliphatic heterocycles. The minimum Gasteiger partial charge on any atom is -0.478 e. The Bertz CT molecular complexity index is 603. The van der Waals surface area contributed by atoms with Crippen LogP contribution < -0.4 is 0 Å². The van der Waals surface area contributed by atoms with Gasteiger partial charge in [0.2, 0.25) is 0 Å². The molecule has 1 saturated heterocycles. The summed E-state index contributed by atoms with van der Waals surface area (Å²) in [6, 6.07) is 4.88. The number of hydrogen-bond acceptors (Lipinski definition) is 6. The van der Waals surface area contributed by atoms with Crippen molar-refractivity contribution in [2.75, 3.05) is 0 Å². The Morgan fingerprint density at radius 1 is 1.53 bits per heavy atom. The molecule has 5 nitrogen and oxygen atoms in total. The predicted molar refractivity (Wildman–Crippen MR) is 80.7 cm³/mol. The Kier molecular flexibility index (Phi) is 3.93. The van der Waals surface area contributed by atoms with Crippen LogP contribution in [-0.4, -0.2) is 25.4 Å². The Hall–Kier alpha value is -1.38. The molecule has 0 amide bonds. The number of nitrogens with one attached hydrogen (secondary N) is 1. The summed E-state index contributed by atoms with van der Waals surface area (Å²) < 4.78 is 0.437. The number of rotatable bonds is 3. The summed E-state index contributed by atoms with van der Waals surface area (Å²) in [5.41, 5.74) is 9.00. The highest BCUT2D eigenvalue weighted by atomic mass is 32.2. The summed E-state index contributed by atoms with van der Waals surface area (Å²) in [6.07, 6.45) is 0. The number of hydrogen-bond donors (Lipinski definition) is 2. The van der Waals surface area contributed by atoms with Crippen molar-refractivity contribution in [1.29, 1.82) is 5.53 Å². The Labute approximate surface area is 124 Å². The second-order valence-electron chi connectivity index (χ2n) is 3.89. The normalized spacial score (nSPS) is 18.8. The van der Waals surface area contributed by atoms with Crippen molar-refractivity contribution < 1.29 is 9.90 Å². The third-order valence-electron chi connectivity index (χ3n) is 2.72. The summed E-state index contributed by atoms with van der Waals surface area (Å²) in [5, 5.41) is 13.3. The number of aryl methyl sites for hydroxylation is 1. The largest absolute Gasteiger partial charge is 0.478 e. The third-order valence-corrected chi connectivity index (χ3v) is 4.83. The zero-order valence-electron chi connectivity index (χ0n) is 9.78. The topological polar surface area (TPSA) is 76.8 Å². The van der Waals surface area contributed by atoms with Gasteiger partial charge in [-0.15, -0.1) is 0 Å². The van der Waals surface area contributed by atoms with Gasteiger partial charge in [0.25, 0.3) is 0 Å². The number of thioether (sulfide) groups is 1. The van der Waals surface area contributed by atoms with Crippen LogP contribution in [0, 0.1) is 12.5 Å². The van der Waals surface area contributed by atoms with Crippen LogP contribution in [0.15, 0.2) is 23.4 Å². The number of carboxylic acids is 1. The van der Waals surface area contributed by atoms with E-state index in [0.29, 0.717) is 9.31 Å². The molecule has 2 rings (SSSR count). The summed E-state index contributed by atoms with van der Waals surface area (Å²) in [5.74, 6) is -0.963. The van der Waals surface area contributed by atoms with Crippen molar-refractivity contribution in [3.8, 4) is 0 Å². The molecule has 1 heterocycles. The maximum absolute atomic E-state index is 10.9. The lowest BCUT2D eigenvalue weighted by Crippen LogP contribution is -2.21. The molecule has 19 heavy (non-hydrogen) atoms. The van der Waals surface area contributed by atoms with Crippen molar-refractivity contribution in [2.45, 2.75) is 12.2 Å². The van der Waals surface area contributed by atoms with E-state index in [4.69, 9.17) is 35.1 Å². The van der Waals surface area contributed by atoms with E-state index < -0.39 is 5.97 Å². The van der Waals surface area contributed by atoms with Crippen LogP contribution >= 0.6 is 36.2 Å². The van der Waals surface area contributed by atoms with E-state index in [2.05, 4.69) is 5.22 Å². The number of carboxylic acid groups (broad SMARTS) is 1. The van der Waals surface area contributed by atoms with E-state index in [1.165, 1.54) is 22.8 Å². The molecule has 1 aromatic carbocycles. The molecule has 1 atom stereocenters. The monoisotopic (exact) mass is 311 g/mol. The van der Waals surface area contributed by atoms with Crippen LogP contribution in [0.25, 0.3) is 0 Å². The Balaban J connectivity index is 2.38. The first-order valence-electron chi connectivity index (χ1n) is 5.21. The van der Waals surface area contributed by atoms with Gasteiger partial charge in [-0.3, -0.25) is 0 Å². The average Bonchev–Trinajstić information content (AvgIpc) is 2.64. The van der Waals surface area contributed by atoms with Gasteiger partial charge < -0.3 is 5.11 Å². The fourth-order valence-corrected chi connectivity index (χ4v) is 3.77. The summed E-state index contributed by atoms with van der Waals surface area (Å²) in [6.45, 7) is 1.83. The molecule has 1 aromatic rings. The molecule has 0 aliphatic carbocycles. The molecule has 8 heteroatoms. The smallest absolute Gasteiger partial charge is 0.335 e. The van der Waals surface area contributed by atoms with Gasteiger partial charge in [0.15, 0.2) is 4.32 Å². The molecular formula is C11H9N3O2S3. The number of nitrogens with zero attached hydrogens (tertiary/aromatic N) is 2. The first kappa shape index (κ1) is 14.0. The van der Waals surface area contributed by atoms with Crippen LogP contribution in [0.3, 0.4) is 0 Å². The molecule has 1 unspecified atom stereocenters. The van der Waals surface area contributed by atoms with Crippen LogP contribution in [-0.2, 0) is 0 Å². The number of thiocarbonyl (C=S) groups is 2. The SMILES string of the molecule is Cc1cc(C(=O)O)ccc1C1SC(=S)N(N=N)C1=S. The molecule has 0 aromatic heterocycles. The minimum absolute atomic E-state index is 0.195. The molecule has 0 spiro atoms. The number of benzene rings is 1. The molecule has 98 valence electrons. The standard InChI is InChI=1S/C11H9N3O2S3/c1-5-4-6(10(15)16)2-3-7(5)8-9(17)14(13-12)11(18)19-8/h2-4,8,12H,1H3,(H,15,16). The van der Waals surface area contributed by atoms with Crippen molar-refractivity contribution >= 4 is 51.5 Å². The molecular weight excluding hydrogens is 302 g/mol. The number of aromatic carboxylic acids is 1. The fraction of sp³-hybridized carbons (Fsp3) is 0.182. The lowest BCUT2D eigenvalue weighted by molar-refractivity contribution is 0.0697. The van der Waals surface area contributed by atoms with Crippen molar-refractivity contribution in [3.63, 3.8) is 0 Å². The van der Waals surface area contributed by atoms with Gasteiger partial charge in [-0.25, -0.2) is 4.79 Å². The highest BCUT2D eigenvalue weighted by molar-refractivity contribution is 8.24. The van der Waals surface area contributed by atoms with Gasteiger partial charge >= 0.3 is 5.97 Å². The van der Waals surface area contributed by atoms with Gasteiger partial charge in [0.05, 0.1) is 10.8 Å². The highest BCUT2D eigenvalue weighted by Gasteiger charge is 2.35. The van der Waals surface area contributed by atoms with E-state index in [1.807, 2.05) is 6.92 Å². The van der Waals surface area contributed by atoms with Crippen LogP contribution in [0.2, 0.25) is 0 Å². The minimum atomic E-state index is -0.963. The maximum Gasteiger partial charge on any atom is 0.335 e. The average molecular weight is 311 g/mol. The van der Waals surface area contributed by atoms with E-state index in [-0.39, 0.29) is 10.8 Å². The lowest BCUT2D eigenvalue weighted by Gasteiger charge is -2.13. The molecule has 0 radical (unpaired) electrons. The summed E-state index contributed by atoms with van der Waals surface area (Å²) in [4.78, 5) is 11.4. The highest BCUT2D eigenvalue weighted by Crippen LogP contribution is 2.41. The van der Waals surface area contributed by atoms with Crippen LogP contribution in [0.4, 0.5) is 0 Å². The Morgan fingerprint density at radius 2 is 2.21 bits per heavy atom. The molecule has 2 N–H and O–H groups in total. The van der Waals surface area contributed by atoms with Crippen LogP contribution in [0.5, 0.6) is 0 Å². The van der Waals surface area contributed by atoms with E-state index in [9.17, 15) is 4.79 Å². The lowest BCUT2D eigenvalue weighted by atomic mass is 10.0. The molecule has 1 aliphatic rings. The predicted octanol–water partition coefficient (Wildman–Crippen LogP) is 3.34. The quantitative estimate of drug-likeness (QED) is 0.658. The van der Waals surface area contributed by atoms with Gasteiger partial charge in [-0.05, 0) is 30.2 Å². The van der Waals surface area contributed by atoms with Gasteiger partial charge in [-0.1, -0.05) is 47.5 Å². The van der Waals surface area contributed by atoms with Crippen molar-refractivity contribution in [1.82, 2.24) is 5.01 Å². The Morgan fingerprint density at radius 3 is 2.68 bits per heavy atom. The molecule has 1 fully saturated rings. The van der Waals surface area contributed by atoms with Gasteiger partial charge in [0.1, 0.15) is 4.99 Å². The van der Waals surface area contributed by atoms with E-state index in [0.717, 1.165) is 11.1 Å². The summed E-state index contributed by atoms with van der Waals surface area (Å²) in [7, 11) is 0. The first-order chi connectivity index (χ1) is 8.95. The second kappa shape index (κ2) is 5.32. The summed E-state index contributed by atoms with van der Waals surface area (Å²) >= 11 is 11.7. The zero-order chi connectivity index (χ0) is 14.2. The zero-order valence-corrected chi connectivity index (χ0v) is 12.2. The van der Waals surface area contributed by atoms with Crippen LogP contribution in [0.1, 0.15) is 26.7 Å². The third kappa shape index (κ3) is 2.51. The maximum atomic E-state index is 10.9. The van der Waals surface area contributed by atoms with Crippen molar-refractivity contribution in [2.24, 2.45) is 5.22 Å². The fourth-order valence-electron chi connectivity index (χ4n) is 1.79. The number of carbonyl (C=O) groups is 1. The molecule has 0 saturated carbocycles. The van der Waals surface area contributed by atoms with Gasteiger partial charge in [-0.2, -0.15) is 10.5 Å². The van der Waals surface area contributed by atoms with E-state index >= 15 is 0 Å². The van der Waals surface area contributed by atoms with Crippen molar-refractivity contribution in [3.05, 3.63) is 34.9 Å². The van der Waals surface area contributed by atoms with E-state index in [1.54, 1.807) is 12.1 Å². The first-order valence-corrected chi connectivity index (χ1v) is 6.91.